The minimum atomic E-state index is 0.0592. The Labute approximate surface area is 147 Å². The fourth-order valence-electron chi connectivity index (χ4n) is 3.25. The van der Waals surface area contributed by atoms with Crippen molar-refractivity contribution < 1.29 is 4.79 Å². The largest absolute Gasteiger partial charge is 0.309 e. The zero-order valence-corrected chi connectivity index (χ0v) is 14.2. The smallest absolute Gasteiger partial charge is 0.229 e. The Morgan fingerprint density at radius 1 is 1.12 bits per heavy atom. The number of rotatable bonds is 5. The van der Waals surface area contributed by atoms with Crippen molar-refractivity contribution in [3.8, 4) is 0 Å². The average Bonchev–Trinajstić information content (AvgIpc) is 3.33. The third kappa shape index (κ3) is 3.48. The number of nitrogens with one attached hydrogen (secondary N) is 1. The molecule has 1 saturated carbocycles. The van der Waals surface area contributed by atoms with Gasteiger partial charge in [-0.1, -0.05) is 54.6 Å². The second-order valence-corrected chi connectivity index (χ2v) is 6.67. The number of carbonyl (C=O) groups excluding carboxylic acids is 1. The van der Waals surface area contributed by atoms with Gasteiger partial charge in [-0.05, 0) is 36.0 Å². The number of benzene rings is 2. The summed E-state index contributed by atoms with van der Waals surface area (Å²) in [5.74, 6) is 1.09. The first-order valence-corrected chi connectivity index (χ1v) is 8.64. The molecule has 25 heavy (non-hydrogen) atoms. The van der Waals surface area contributed by atoms with Crippen molar-refractivity contribution in [3.63, 3.8) is 0 Å². The lowest BCUT2D eigenvalue weighted by Crippen LogP contribution is -2.15. The fourth-order valence-corrected chi connectivity index (χ4v) is 3.25. The van der Waals surface area contributed by atoms with Crippen molar-refractivity contribution in [1.82, 2.24) is 9.78 Å². The number of carbonyl (C=O) groups is 1. The van der Waals surface area contributed by atoms with Gasteiger partial charge >= 0.3 is 0 Å². The van der Waals surface area contributed by atoms with Gasteiger partial charge in [-0.15, -0.1) is 0 Å². The van der Waals surface area contributed by atoms with Crippen LogP contribution in [0.15, 0.2) is 66.9 Å². The summed E-state index contributed by atoms with van der Waals surface area (Å²) >= 11 is 0. The molecule has 1 amide bonds. The minimum absolute atomic E-state index is 0.0592. The van der Waals surface area contributed by atoms with Crippen LogP contribution in [-0.4, -0.2) is 15.7 Å². The van der Waals surface area contributed by atoms with Gasteiger partial charge in [0.15, 0.2) is 5.82 Å². The number of nitrogens with zero attached hydrogens (tertiary/aromatic N) is 2. The van der Waals surface area contributed by atoms with Crippen LogP contribution in [0.3, 0.4) is 0 Å². The van der Waals surface area contributed by atoms with E-state index >= 15 is 0 Å². The molecule has 0 spiro atoms. The molecule has 1 aromatic heterocycles. The number of amides is 1. The molecule has 4 heteroatoms. The summed E-state index contributed by atoms with van der Waals surface area (Å²) in [6, 6.07) is 20.4. The second kappa shape index (κ2) is 6.55. The first kappa shape index (κ1) is 15.6. The average molecular weight is 331 g/mol. The summed E-state index contributed by atoms with van der Waals surface area (Å²) in [5.41, 5.74) is 3.72. The van der Waals surface area contributed by atoms with E-state index in [0.29, 0.717) is 18.3 Å². The molecule has 1 fully saturated rings. The van der Waals surface area contributed by atoms with Gasteiger partial charge in [0.05, 0.1) is 6.54 Å². The van der Waals surface area contributed by atoms with Crippen molar-refractivity contribution in [2.45, 2.75) is 25.8 Å². The Balaban J connectivity index is 1.37. The molecule has 0 radical (unpaired) electrons. The Kier molecular flexibility index (Phi) is 4.10. The van der Waals surface area contributed by atoms with E-state index in [-0.39, 0.29) is 11.8 Å². The monoisotopic (exact) mass is 331 g/mol. The maximum Gasteiger partial charge on any atom is 0.229 e. The van der Waals surface area contributed by atoms with Crippen molar-refractivity contribution >= 4 is 11.7 Å². The molecule has 126 valence electrons. The van der Waals surface area contributed by atoms with E-state index in [0.717, 1.165) is 6.42 Å². The molecule has 1 aliphatic carbocycles. The fraction of sp³-hybridized carbons (Fsp3) is 0.238. The zero-order valence-electron chi connectivity index (χ0n) is 14.2. The SMILES string of the molecule is Cc1ccccc1Cn1ccc(NC(=O)[C@H]2C[C@@H]2c2ccccc2)n1. The molecule has 3 aromatic rings. The van der Waals surface area contributed by atoms with Crippen LogP contribution in [0.2, 0.25) is 0 Å². The van der Waals surface area contributed by atoms with E-state index in [1.54, 1.807) is 0 Å². The van der Waals surface area contributed by atoms with Crippen LogP contribution in [0.5, 0.6) is 0 Å². The molecule has 1 N–H and O–H groups in total. The highest BCUT2D eigenvalue weighted by Gasteiger charge is 2.43. The second-order valence-electron chi connectivity index (χ2n) is 6.67. The third-order valence-corrected chi connectivity index (χ3v) is 4.84. The van der Waals surface area contributed by atoms with Crippen molar-refractivity contribution in [2.75, 3.05) is 5.32 Å². The summed E-state index contributed by atoms with van der Waals surface area (Å²) < 4.78 is 1.86. The first-order chi connectivity index (χ1) is 12.2. The number of anilines is 1. The van der Waals surface area contributed by atoms with Crippen LogP contribution < -0.4 is 5.32 Å². The van der Waals surface area contributed by atoms with Gasteiger partial charge in [0.1, 0.15) is 0 Å². The first-order valence-electron chi connectivity index (χ1n) is 8.64. The Morgan fingerprint density at radius 3 is 2.68 bits per heavy atom. The standard InChI is InChI=1S/C21H21N3O/c1-15-7-5-6-10-17(15)14-24-12-11-20(23-24)22-21(25)19-13-18(19)16-8-3-2-4-9-16/h2-12,18-19H,13-14H2,1H3,(H,22,23,25)/t18-,19+/m1/s1. The van der Waals surface area contributed by atoms with E-state index in [2.05, 4.69) is 41.6 Å². The van der Waals surface area contributed by atoms with Gasteiger partial charge < -0.3 is 5.32 Å². The Bertz CT molecular complexity index is 885. The molecule has 0 unspecified atom stereocenters. The summed E-state index contributed by atoms with van der Waals surface area (Å²) in [6.45, 7) is 2.80. The number of hydrogen-bond donors (Lipinski definition) is 1. The Hall–Kier alpha value is -2.88. The quantitative estimate of drug-likeness (QED) is 0.768. The predicted octanol–water partition coefficient (Wildman–Crippen LogP) is 3.98. The minimum Gasteiger partial charge on any atom is -0.309 e. The van der Waals surface area contributed by atoms with Crippen molar-refractivity contribution in [2.24, 2.45) is 5.92 Å². The molecule has 0 aliphatic heterocycles. The molecular weight excluding hydrogens is 310 g/mol. The van der Waals surface area contributed by atoms with Crippen LogP contribution in [0.25, 0.3) is 0 Å². The van der Waals surface area contributed by atoms with E-state index in [9.17, 15) is 4.79 Å². The maximum atomic E-state index is 12.4. The lowest BCUT2D eigenvalue weighted by molar-refractivity contribution is -0.117. The maximum absolute atomic E-state index is 12.4. The molecular formula is C21H21N3O. The molecule has 1 heterocycles. The highest BCUT2D eigenvalue weighted by Crippen LogP contribution is 2.47. The number of aromatic nitrogens is 2. The summed E-state index contributed by atoms with van der Waals surface area (Å²) in [7, 11) is 0. The summed E-state index contributed by atoms with van der Waals surface area (Å²) in [4.78, 5) is 12.4. The molecule has 0 bridgehead atoms. The van der Waals surface area contributed by atoms with Crippen LogP contribution >= 0.6 is 0 Å². The Morgan fingerprint density at radius 2 is 1.88 bits per heavy atom. The van der Waals surface area contributed by atoms with Crippen LogP contribution in [0, 0.1) is 12.8 Å². The number of aryl methyl sites for hydroxylation is 1. The van der Waals surface area contributed by atoms with Crippen LogP contribution in [-0.2, 0) is 11.3 Å². The van der Waals surface area contributed by atoms with E-state index < -0.39 is 0 Å². The summed E-state index contributed by atoms with van der Waals surface area (Å²) in [6.07, 6.45) is 2.82. The van der Waals surface area contributed by atoms with E-state index in [4.69, 9.17) is 0 Å². The lowest BCUT2D eigenvalue weighted by Gasteiger charge is -2.05. The van der Waals surface area contributed by atoms with Gasteiger partial charge in [0.2, 0.25) is 5.91 Å². The topological polar surface area (TPSA) is 46.9 Å². The van der Waals surface area contributed by atoms with Gasteiger partial charge in [0, 0.05) is 18.2 Å². The van der Waals surface area contributed by atoms with E-state index in [1.165, 1.54) is 16.7 Å². The molecule has 4 nitrogen and oxygen atoms in total. The van der Waals surface area contributed by atoms with Gasteiger partial charge in [-0.2, -0.15) is 5.10 Å². The lowest BCUT2D eigenvalue weighted by atomic mass is 10.1. The van der Waals surface area contributed by atoms with Crippen molar-refractivity contribution in [3.05, 3.63) is 83.6 Å². The molecule has 1 aliphatic rings. The third-order valence-electron chi connectivity index (χ3n) is 4.84. The van der Waals surface area contributed by atoms with Crippen molar-refractivity contribution in [1.29, 1.82) is 0 Å². The number of hydrogen-bond acceptors (Lipinski definition) is 2. The highest BCUT2D eigenvalue weighted by atomic mass is 16.2. The molecule has 0 saturated heterocycles. The molecule has 2 aromatic carbocycles. The van der Waals surface area contributed by atoms with Gasteiger partial charge in [-0.3, -0.25) is 9.48 Å². The molecule has 2 atom stereocenters. The zero-order chi connectivity index (χ0) is 17.2. The normalized spacial score (nSPS) is 18.8. The summed E-state index contributed by atoms with van der Waals surface area (Å²) in [5, 5.41) is 7.43. The van der Waals surface area contributed by atoms with Gasteiger partial charge in [-0.25, -0.2) is 0 Å². The predicted molar refractivity (Wildman–Crippen MR) is 98.4 cm³/mol. The van der Waals surface area contributed by atoms with Gasteiger partial charge in [0.25, 0.3) is 0 Å². The highest BCUT2D eigenvalue weighted by molar-refractivity contribution is 5.94. The van der Waals surface area contributed by atoms with Crippen LogP contribution in [0.4, 0.5) is 5.82 Å². The van der Waals surface area contributed by atoms with Crippen LogP contribution in [0.1, 0.15) is 29.0 Å². The van der Waals surface area contributed by atoms with E-state index in [1.807, 2.05) is 47.3 Å². The molecule has 4 rings (SSSR count).